The highest BCUT2D eigenvalue weighted by atomic mass is 32.2. The topological polar surface area (TPSA) is 72.0 Å². The van der Waals surface area contributed by atoms with Crippen molar-refractivity contribution in [3.05, 3.63) is 48.5 Å². The van der Waals surface area contributed by atoms with Crippen LogP contribution in [-0.4, -0.2) is 24.6 Å². The van der Waals surface area contributed by atoms with Crippen molar-refractivity contribution in [2.45, 2.75) is 11.4 Å². The average molecular weight is 263 g/mol. The molecule has 0 bridgehead atoms. The SMILES string of the molecule is CS(=O)(=O)c1ccccc1NCc1cnccn1. The van der Waals surface area contributed by atoms with Crippen LogP contribution in [0.15, 0.2) is 47.8 Å². The molecule has 0 aliphatic rings. The van der Waals surface area contributed by atoms with E-state index in [1.54, 1.807) is 42.9 Å². The van der Waals surface area contributed by atoms with Gasteiger partial charge in [-0.25, -0.2) is 8.42 Å². The first-order valence-corrected chi connectivity index (χ1v) is 7.24. The Morgan fingerprint density at radius 3 is 2.67 bits per heavy atom. The van der Waals surface area contributed by atoms with Gasteiger partial charge in [0.2, 0.25) is 0 Å². The molecule has 2 rings (SSSR count). The van der Waals surface area contributed by atoms with Gasteiger partial charge in [0, 0.05) is 18.6 Å². The monoisotopic (exact) mass is 263 g/mol. The maximum atomic E-state index is 11.6. The Morgan fingerprint density at radius 1 is 1.22 bits per heavy atom. The molecule has 1 N–H and O–H groups in total. The van der Waals surface area contributed by atoms with Crippen molar-refractivity contribution in [3.8, 4) is 0 Å². The number of sulfone groups is 1. The molecule has 18 heavy (non-hydrogen) atoms. The van der Waals surface area contributed by atoms with Gasteiger partial charge in [0.1, 0.15) is 0 Å². The number of benzene rings is 1. The fraction of sp³-hybridized carbons (Fsp3) is 0.167. The van der Waals surface area contributed by atoms with Crippen LogP contribution >= 0.6 is 0 Å². The summed E-state index contributed by atoms with van der Waals surface area (Å²) in [4.78, 5) is 8.34. The predicted octanol–water partition coefficient (Wildman–Crippen LogP) is 1.49. The first-order chi connectivity index (χ1) is 8.57. The molecule has 0 aliphatic heterocycles. The van der Waals surface area contributed by atoms with Gasteiger partial charge in [0.25, 0.3) is 0 Å². The van der Waals surface area contributed by atoms with Gasteiger partial charge >= 0.3 is 0 Å². The van der Waals surface area contributed by atoms with Gasteiger partial charge in [-0.2, -0.15) is 0 Å². The molecule has 94 valence electrons. The number of hydrogen-bond acceptors (Lipinski definition) is 5. The highest BCUT2D eigenvalue weighted by Gasteiger charge is 2.11. The maximum Gasteiger partial charge on any atom is 0.177 e. The van der Waals surface area contributed by atoms with Crippen LogP contribution in [0.1, 0.15) is 5.69 Å². The first-order valence-electron chi connectivity index (χ1n) is 5.35. The number of nitrogens with zero attached hydrogens (tertiary/aromatic N) is 2. The highest BCUT2D eigenvalue weighted by molar-refractivity contribution is 7.90. The van der Waals surface area contributed by atoms with Gasteiger partial charge in [0.15, 0.2) is 9.84 Å². The first kappa shape index (κ1) is 12.5. The minimum absolute atomic E-state index is 0.286. The van der Waals surface area contributed by atoms with Crippen LogP contribution in [-0.2, 0) is 16.4 Å². The molecule has 0 spiro atoms. The summed E-state index contributed by atoms with van der Waals surface area (Å²) >= 11 is 0. The van der Waals surface area contributed by atoms with Crippen molar-refractivity contribution in [2.75, 3.05) is 11.6 Å². The number of para-hydroxylation sites is 1. The third-order valence-corrected chi connectivity index (χ3v) is 3.52. The smallest absolute Gasteiger partial charge is 0.177 e. The molecule has 0 fully saturated rings. The summed E-state index contributed by atoms with van der Waals surface area (Å²) in [5.41, 5.74) is 1.33. The van der Waals surface area contributed by atoms with Crippen molar-refractivity contribution in [1.82, 2.24) is 9.97 Å². The van der Waals surface area contributed by atoms with Crippen LogP contribution in [0.5, 0.6) is 0 Å². The zero-order chi connectivity index (χ0) is 13.0. The lowest BCUT2D eigenvalue weighted by molar-refractivity contribution is 0.602. The summed E-state index contributed by atoms with van der Waals surface area (Å²) in [5, 5.41) is 3.05. The van der Waals surface area contributed by atoms with Crippen molar-refractivity contribution in [1.29, 1.82) is 0 Å². The van der Waals surface area contributed by atoms with Crippen LogP contribution in [0.25, 0.3) is 0 Å². The van der Waals surface area contributed by atoms with E-state index in [0.29, 0.717) is 12.2 Å². The fourth-order valence-corrected chi connectivity index (χ4v) is 2.41. The van der Waals surface area contributed by atoms with Gasteiger partial charge in [-0.1, -0.05) is 12.1 Å². The van der Waals surface area contributed by atoms with E-state index in [2.05, 4.69) is 15.3 Å². The quantitative estimate of drug-likeness (QED) is 0.905. The summed E-state index contributed by atoms with van der Waals surface area (Å²) in [6, 6.07) is 6.79. The summed E-state index contributed by atoms with van der Waals surface area (Å²) < 4.78 is 23.2. The maximum absolute atomic E-state index is 11.6. The summed E-state index contributed by atoms with van der Waals surface area (Å²) in [5.74, 6) is 0. The summed E-state index contributed by atoms with van der Waals surface area (Å²) in [6.07, 6.45) is 6.01. The van der Waals surface area contributed by atoms with Crippen LogP contribution in [0.3, 0.4) is 0 Å². The Labute approximate surface area is 106 Å². The molecule has 0 saturated carbocycles. The third-order valence-electron chi connectivity index (χ3n) is 2.36. The van der Waals surface area contributed by atoms with E-state index in [1.807, 2.05) is 0 Å². The minimum Gasteiger partial charge on any atom is -0.378 e. The largest absolute Gasteiger partial charge is 0.378 e. The second-order valence-corrected chi connectivity index (χ2v) is 5.80. The Morgan fingerprint density at radius 2 is 2.00 bits per heavy atom. The zero-order valence-corrected chi connectivity index (χ0v) is 10.7. The molecule has 0 aliphatic carbocycles. The molecule has 1 heterocycles. The molecular weight excluding hydrogens is 250 g/mol. The van der Waals surface area contributed by atoms with E-state index >= 15 is 0 Å². The lowest BCUT2D eigenvalue weighted by Gasteiger charge is -2.09. The highest BCUT2D eigenvalue weighted by Crippen LogP contribution is 2.20. The fourth-order valence-electron chi connectivity index (χ4n) is 1.54. The van der Waals surface area contributed by atoms with E-state index in [9.17, 15) is 8.42 Å². The second kappa shape index (κ2) is 5.14. The van der Waals surface area contributed by atoms with Crippen LogP contribution in [0.4, 0.5) is 5.69 Å². The normalized spacial score (nSPS) is 11.2. The molecule has 1 aromatic carbocycles. The van der Waals surface area contributed by atoms with Crippen molar-refractivity contribution in [2.24, 2.45) is 0 Å². The van der Waals surface area contributed by atoms with Gasteiger partial charge in [-0.15, -0.1) is 0 Å². The Bertz CT molecular complexity index is 627. The van der Waals surface area contributed by atoms with Gasteiger partial charge in [-0.05, 0) is 12.1 Å². The van der Waals surface area contributed by atoms with Crippen molar-refractivity contribution >= 4 is 15.5 Å². The summed E-state index contributed by atoms with van der Waals surface area (Å²) in [6.45, 7) is 0.431. The standard InChI is InChI=1S/C12H13N3O2S/c1-18(16,17)12-5-3-2-4-11(12)15-9-10-8-13-6-7-14-10/h2-8,15H,9H2,1H3. The van der Waals surface area contributed by atoms with E-state index < -0.39 is 9.84 Å². The van der Waals surface area contributed by atoms with Gasteiger partial charge < -0.3 is 5.32 Å². The minimum atomic E-state index is -3.24. The Balaban J connectivity index is 2.20. The molecule has 1 aromatic heterocycles. The Kier molecular flexibility index (Phi) is 3.57. The van der Waals surface area contributed by atoms with E-state index in [-0.39, 0.29) is 4.90 Å². The Hall–Kier alpha value is -1.95. The third kappa shape index (κ3) is 3.04. The average Bonchev–Trinajstić information content (AvgIpc) is 2.37. The van der Waals surface area contributed by atoms with Crippen molar-refractivity contribution < 1.29 is 8.42 Å². The second-order valence-electron chi connectivity index (χ2n) is 3.82. The van der Waals surface area contributed by atoms with Crippen molar-refractivity contribution in [3.63, 3.8) is 0 Å². The summed E-state index contributed by atoms with van der Waals surface area (Å²) in [7, 11) is -3.24. The molecule has 0 saturated heterocycles. The van der Waals surface area contributed by atoms with Crippen LogP contribution in [0.2, 0.25) is 0 Å². The zero-order valence-electron chi connectivity index (χ0n) is 9.87. The number of aromatic nitrogens is 2. The molecule has 5 nitrogen and oxygen atoms in total. The molecule has 0 atom stereocenters. The number of hydrogen-bond donors (Lipinski definition) is 1. The molecular formula is C12H13N3O2S. The van der Waals surface area contributed by atoms with E-state index in [0.717, 1.165) is 5.69 Å². The predicted molar refractivity (Wildman–Crippen MR) is 68.9 cm³/mol. The number of rotatable bonds is 4. The van der Waals surface area contributed by atoms with E-state index in [4.69, 9.17) is 0 Å². The lowest BCUT2D eigenvalue weighted by Crippen LogP contribution is -2.07. The van der Waals surface area contributed by atoms with Crippen LogP contribution < -0.4 is 5.32 Å². The molecule has 0 unspecified atom stereocenters. The molecule has 2 aromatic rings. The lowest BCUT2D eigenvalue weighted by atomic mass is 10.3. The number of nitrogens with one attached hydrogen (secondary N) is 1. The van der Waals surface area contributed by atoms with E-state index in [1.165, 1.54) is 6.26 Å². The molecule has 6 heteroatoms. The van der Waals surface area contributed by atoms with Gasteiger partial charge in [0.05, 0.1) is 29.0 Å². The molecule has 0 radical (unpaired) electrons. The molecule has 0 amide bonds. The number of anilines is 1. The van der Waals surface area contributed by atoms with Gasteiger partial charge in [-0.3, -0.25) is 9.97 Å². The van der Waals surface area contributed by atoms with Crippen LogP contribution in [0, 0.1) is 0 Å².